The average Bonchev–Trinajstić information content (AvgIpc) is 3.23. The lowest BCUT2D eigenvalue weighted by molar-refractivity contribution is -0.393. The first-order chi connectivity index (χ1) is 29.0. The highest BCUT2D eigenvalue weighted by atomic mass is 16.6. The lowest BCUT2D eigenvalue weighted by atomic mass is 10.0. The molecule has 0 aliphatic carbocycles. The zero-order valence-corrected chi connectivity index (χ0v) is 35.9. The number of esters is 1. The van der Waals surface area contributed by atoms with Crippen LogP contribution in [0.4, 0.5) is 17.1 Å². The number of carbonyl (C=O) groups is 1. The third kappa shape index (κ3) is 35.4. The van der Waals surface area contributed by atoms with Gasteiger partial charge in [0.25, 0.3) is 11.4 Å². The van der Waals surface area contributed by atoms with Gasteiger partial charge in [-0.1, -0.05) is 96.8 Å². The molecule has 0 unspecified atom stereocenters. The molecule has 0 aliphatic heterocycles. The number of hydrogen-bond donors (Lipinski definition) is 1. The Morgan fingerprint density at radius 3 is 1.22 bits per heavy atom. The molecule has 17 heteroatoms. The van der Waals surface area contributed by atoms with Gasteiger partial charge in [0.15, 0.2) is 0 Å². The second-order valence-electron chi connectivity index (χ2n) is 14.0. The normalized spacial score (nSPS) is 11.3. The molecule has 0 saturated heterocycles. The molecule has 0 spiro atoms. The standard InChI is InChI=1S/C42H75N3O14/c1-2-3-4-5-6-7-8-9-10-11-12-13-14-15-16-17-42(46)59-37-36-58-35-34-57-33-32-56-31-30-55-29-28-54-27-26-53-25-24-52-23-22-51-21-20-43-40-19-18-39(44(47)48)38-41(40)45(49)50/h18-19,38,43H,2-17,20-37H2,1H3. The number of anilines is 1. The van der Waals surface area contributed by atoms with Crippen LogP contribution in [0, 0.1) is 20.2 Å². The molecule has 59 heavy (non-hydrogen) atoms. The molecule has 17 nitrogen and oxygen atoms in total. The quantitative estimate of drug-likeness (QED) is 0.0288. The van der Waals surface area contributed by atoms with Crippen LogP contribution in [0.25, 0.3) is 0 Å². The SMILES string of the molecule is CCCCCCCCCCCCCCCCCC(=O)OCCOCCOCCOCCOCCOCCOCCOCCOCCNc1ccc([N+](=O)[O-])cc1[N+](=O)[O-]. The van der Waals surface area contributed by atoms with Crippen LogP contribution in [0.15, 0.2) is 18.2 Å². The van der Waals surface area contributed by atoms with E-state index in [-0.39, 0.29) is 42.8 Å². The second kappa shape index (κ2) is 41.7. The molecule has 0 fully saturated rings. The fourth-order valence-electron chi connectivity index (χ4n) is 5.76. The van der Waals surface area contributed by atoms with Crippen LogP contribution in [0.2, 0.25) is 0 Å². The highest BCUT2D eigenvalue weighted by Gasteiger charge is 2.19. The molecule has 0 heterocycles. The minimum absolute atomic E-state index is 0.146. The second-order valence-corrected chi connectivity index (χ2v) is 14.0. The number of unbranched alkanes of at least 4 members (excludes halogenated alkanes) is 14. The van der Waals surface area contributed by atoms with E-state index in [1.807, 2.05) is 0 Å². The topological polar surface area (TPSA) is 198 Å². The molecule has 0 saturated carbocycles. The van der Waals surface area contributed by atoms with Gasteiger partial charge in [0.05, 0.1) is 122 Å². The average molecular weight is 846 g/mol. The molecule has 0 atom stereocenters. The Bertz CT molecular complexity index is 1150. The summed E-state index contributed by atoms with van der Waals surface area (Å²) in [5.74, 6) is -0.146. The zero-order valence-electron chi connectivity index (χ0n) is 35.9. The molecule has 1 N–H and O–H groups in total. The van der Waals surface area contributed by atoms with Crippen molar-refractivity contribution in [3.8, 4) is 0 Å². The van der Waals surface area contributed by atoms with Crippen LogP contribution in [0.5, 0.6) is 0 Å². The summed E-state index contributed by atoms with van der Waals surface area (Å²) in [5, 5.41) is 24.8. The van der Waals surface area contributed by atoms with Crippen LogP contribution in [-0.4, -0.2) is 135 Å². The number of benzene rings is 1. The predicted molar refractivity (Wildman–Crippen MR) is 225 cm³/mol. The maximum Gasteiger partial charge on any atom is 0.305 e. The summed E-state index contributed by atoms with van der Waals surface area (Å²) in [6, 6.07) is 3.43. The molecule has 0 bridgehead atoms. The van der Waals surface area contributed by atoms with Gasteiger partial charge in [0.2, 0.25) is 0 Å². The number of nitro groups is 2. The highest BCUT2D eigenvalue weighted by Crippen LogP contribution is 2.28. The van der Waals surface area contributed by atoms with Crippen molar-refractivity contribution < 1.29 is 57.3 Å². The van der Waals surface area contributed by atoms with Gasteiger partial charge in [-0.15, -0.1) is 0 Å². The Morgan fingerprint density at radius 2 is 0.847 bits per heavy atom. The maximum atomic E-state index is 11.9. The summed E-state index contributed by atoms with van der Waals surface area (Å²) in [7, 11) is 0. The summed E-state index contributed by atoms with van der Waals surface area (Å²) in [6.07, 6.45) is 20.1. The fourth-order valence-corrected chi connectivity index (χ4v) is 5.76. The Balaban J connectivity index is 1.71. The van der Waals surface area contributed by atoms with Crippen molar-refractivity contribution in [3.05, 3.63) is 38.4 Å². The summed E-state index contributed by atoms with van der Waals surface area (Å²) in [6.45, 7) is 9.47. The van der Waals surface area contributed by atoms with Crippen LogP contribution >= 0.6 is 0 Å². The number of ether oxygens (including phenoxy) is 9. The van der Waals surface area contributed by atoms with Gasteiger partial charge in [-0.2, -0.15) is 0 Å². The molecule has 0 aromatic heterocycles. The van der Waals surface area contributed by atoms with E-state index >= 15 is 0 Å². The molecule has 1 aromatic carbocycles. The van der Waals surface area contributed by atoms with Crippen molar-refractivity contribution in [2.24, 2.45) is 0 Å². The minimum Gasteiger partial charge on any atom is -0.463 e. The van der Waals surface area contributed by atoms with Crippen LogP contribution in [0.3, 0.4) is 0 Å². The van der Waals surface area contributed by atoms with Crippen molar-refractivity contribution in [3.63, 3.8) is 0 Å². The number of carbonyl (C=O) groups excluding carboxylic acids is 1. The van der Waals surface area contributed by atoms with Crippen molar-refractivity contribution >= 4 is 23.0 Å². The Morgan fingerprint density at radius 1 is 0.492 bits per heavy atom. The highest BCUT2D eigenvalue weighted by molar-refractivity contribution is 5.69. The lowest BCUT2D eigenvalue weighted by Crippen LogP contribution is -2.16. The lowest BCUT2D eigenvalue weighted by Gasteiger charge is -2.09. The first-order valence-corrected chi connectivity index (χ1v) is 21.9. The van der Waals surface area contributed by atoms with Crippen molar-refractivity contribution in [1.82, 2.24) is 0 Å². The smallest absolute Gasteiger partial charge is 0.305 e. The van der Waals surface area contributed by atoms with E-state index in [0.717, 1.165) is 18.9 Å². The van der Waals surface area contributed by atoms with Crippen LogP contribution < -0.4 is 5.32 Å². The molecular formula is C42H75N3O14. The summed E-state index contributed by atoms with van der Waals surface area (Å²) in [5.41, 5.74) is -0.528. The van der Waals surface area contributed by atoms with E-state index in [1.165, 1.54) is 95.6 Å². The number of non-ortho nitro benzene ring substituents is 1. The summed E-state index contributed by atoms with van der Waals surface area (Å²) < 4.78 is 49.0. The van der Waals surface area contributed by atoms with Gasteiger partial charge in [-0.25, -0.2) is 0 Å². The van der Waals surface area contributed by atoms with Crippen LogP contribution in [0.1, 0.15) is 110 Å². The maximum absolute atomic E-state index is 11.9. The number of nitro benzene ring substituents is 2. The van der Waals surface area contributed by atoms with E-state index in [0.29, 0.717) is 106 Å². The van der Waals surface area contributed by atoms with Crippen LogP contribution in [-0.2, 0) is 47.4 Å². The predicted octanol–water partition coefficient (Wildman–Crippen LogP) is 7.85. The Labute approximate surface area is 352 Å². The minimum atomic E-state index is -0.680. The van der Waals surface area contributed by atoms with Gasteiger partial charge in [0.1, 0.15) is 12.3 Å². The first kappa shape index (κ1) is 54.0. The summed E-state index contributed by atoms with van der Waals surface area (Å²) in [4.78, 5) is 32.6. The first-order valence-electron chi connectivity index (χ1n) is 21.9. The molecule has 0 amide bonds. The molecule has 0 radical (unpaired) electrons. The van der Waals surface area contributed by atoms with E-state index in [1.54, 1.807) is 0 Å². The number of hydrogen-bond acceptors (Lipinski definition) is 15. The van der Waals surface area contributed by atoms with Gasteiger partial charge < -0.3 is 47.9 Å². The van der Waals surface area contributed by atoms with E-state index in [9.17, 15) is 25.0 Å². The van der Waals surface area contributed by atoms with Gasteiger partial charge in [0, 0.05) is 19.0 Å². The molecule has 0 aliphatic rings. The van der Waals surface area contributed by atoms with Gasteiger partial charge in [-0.05, 0) is 12.5 Å². The Hall–Kier alpha value is -3.03. The van der Waals surface area contributed by atoms with E-state index < -0.39 is 9.85 Å². The molecule has 342 valence electrons. The number of nitrogens with zero attached hydrogens (tertiary/aromatic N) is 2. The third-order valence-electron chi connectivity index (χ3n) is 9.03. The van der Waals surface area contributed by atoms with Crippen molar-refractivity contribution in [2.45, 2.75) is 110 Å². The Kier molecular flexibility index (Phi) is 38.2. The van der Waals surface area contributed by atoms with Crippen molar-refractivity contribution in [1.29, 1.82) is 0 Å². The summed E-state index contributed by atoms with van der Waals surface area (Å²) >= 11 is 0. The van der Waals surface area contributed by atoms with E-state index in [4.69, 9.17) is 42.6 Å². The molecule has 1 rings (SSSR count). The van der Waals surface area contributed by atoms with Gasteiger partial charge in [-0.3, -0.25) is 25.0 Å². The number of nitrogens with one attached hydrogen (secondary N) is 1. The number of rotatable bonds is 46. The largest absolute Gasteiger partial charge is 0.463 e. The fraction of sp³-hybridized carbons (Fsp3) is 0.833. The molecular weight excluding hydrogens is 770 g/mol. The van der Waals surface area contributed by atoms with Gasteiger partial charge >= 0.3 is 5.97 Å². The zero-order chi connectivity index (χ0) is 42.7. The third-order valence-corrected chi connectivity index (χ3v) is 9.03. The molecule has 1 aromatic rings. The van der Waals surface area contributed by atoms with E-state index in [2.05, 4.69) is 12.2 Å². The monoisotopic (exact) mass is 846 g/mol. The van der Waals surface area contributed by atoms with Crippen molar-refractivity contribution in [2.75, 3.05) is 124 Å².